The fourth-order valence-corrected chi connectivity index (χ4v) is 3.49. The zero-order valence-electron chi connectivity index (χ0n) is 13.3. The second-order valence-corrected chi connectivity index (χ2v) is 6.96. The van der Waals surface area contributed by atoms with Gasteiger partial charge in [-0.3, -0.25) is 4.90 Å². The number of aliphatic hydroxyl groups excluding tert-OH is 1. The third kappa shape index (κ3) is 3.24. The summed E-state index contributed by atoms with van der Waals surface area (Å²) in [7, 11) is 0. The van der Waals surface area contributed by atoms with Crippen molar-refractivity contribution in [2.75, 3.05) is 6.54 Å². The molecular formula is C18H29NO. The first-order valence-electron chi connectivity index (χ1n) is 7.94. The Kier molecular flexibility index (Phi) is 4.87. The van der Waals surface area contributed by atoms with E-state index in [1.807, 2.05) is 30.3 Å². The van der Waals surface area contributed by atoms with Crippen LogP contribution in [0.2, 0.25) is 0 Å². The summed E-state index contributed by atoms with van der Waals surface area (Å²) >= 11 is 0. The summed E-state index contributed by atoms with van der Waals surface area (Å²) in [4.78, 5) is 2.60. The smallest absolute Gasteiger partial charge is 0.0853 e. The molecule has 2 nitrogen and oxygen atoms in total. The van der Waals surface area contributed by atoms with E-state index in [4.69, 9.17) is 0 Å². The van der Waals surface area contributed by atoms with Crippen LogP contribution in [0.1, 0.15) is 58.6 Å². The van der Waals surface area contributed by atoms with Crippen molar-refractivity contribution < 1.29 is 5.11 Å². The van der Waals surface area contributed by atoms with Crippen LogP contribution in [0.5, 0.6) is 0 Å². The predicted octanol–water partition coefficient (Wildman–Crippen LogP) is 4.01. The second-order valence-electron chi connectivity index (χ2n) is 6.96. The van der Waals surface area contributed by atoms with Crippen LogP contribution in [0, 0.1) is 5.41 Å². The molecule has 2 heteroatoms. The molecular weight excluding hydrogens is 246 g/mol. The van der Waals surface area contributed by atoms with Crippen molar-refractivity contribution in [3.8, 4) is 0 Å². The van der Waals surface area contributed by atoms with Crippen LogP contribution >= 0.6 is 0 Å². The Bertz CT molecular complexity index is 415. The van der Waals surface area contributed by atoms with Crippen LogP contribution in [-0.4, -0.2) is 28.6 Å². The van der Waals surface area contributed by atoms with Crippen molar-refractivity contribution in [3.63, 3.8) is 0 Å². The number of nitrogens with zero attached hydrogens (tertiary/aromatic N) is 1. The minimum absolute atomic E-state index is 0.132. The SMILES string of the molecule is CCC1CCC(C)N1CC(C)(C)C(O)c1ccccc1. The quantitative estimate of drug-likeness (QED) is 0.877. The number of rotatable bonds is 5. The molecule has 1 aliphatic heterocycles. The molecule has 1 aliphatic rings. The maximum absolute atomic E-state index is 10.7. The monoisotopic (exact) mass is 275 g/mol. The molecule has 1 N–H and O–H groups in total. The van der Waals surface area contributed by atoms with Crippen LogP contribution in [0.25, 0.3) is 0 Å². The van der Waals surface area contributed by atoms with Crippen molar-refractivity contribution in [3.05, 3.63) is 35.9 Å². The number of aliphatic hydroxyl groups is 1. The molecule has 1 heterocycles. The maximum Gasteiger partial charge on any atom is 0.0853 e. The fraction of sp³-hybridized carbons (Fsp3) is 0.667. The zero-order chi connectivity index (χ0) is 14.8. The average molecular weight is 275 g/mol. The molecule has 1 aromatic rings. The highest BCUT2D eigenvalue weighted by Gasteiger charge is 2.37. The molecule has 3 unspecified atom stereocenters. The van der Waals surface area contributed by atoms with Gasteiger partial charge in [0.05, 0.1) is 6.10 Å². The van der Waals surface area contributed by atoms with Crippen LogP contribution in [0.3, 0.4) is 0 Å². The summed E-state index contributed by atoms with van der Waals surface area (Å²) in [6.45, 7) is 9.92. The van der Waals surface area contributed by atoms with Gasteiger partial charge in [-0.05, 0) is 31.7 Å². The molecule has 0 spiro atoms. The minimum atomic E-state index is -0.408. The van der Waals surface area contributed by atoms with Crippen molar-refractivity contribution in [1.29, 1.82) is 0 Å². The van der Waals surface area contributed by atoms with Gasteiger partial charge < -0.3 is 5.11 Å². The van der Waals surface area contributed by atoms with Gasteiger partial charge in [0.25, 0.3) is 0 Å². The average Bonchev–Trinajstić information content (AvgIpc) is 2.79. The summed E-state index contributed by atoms with van der Waals surface area (Å²) in [5.74, 6) is 0. The molecule has 112 valence electrons. The largest absolute Gasteiger partial charge is 0.388 e. The Balaban J connectivity index is 2.10. The van der Waals surface area contributed by atoms with Crippen LogP contribution in [0.4, 0.5) is 0 Å². The Labute approximate surface area is 123 Å². The van der Waals surface area contributed by atoms with Gasteiger partial charge in [-0.25, -0.2) is 0 Å². The fourth-order valence-electron chi connectivity index (χ4n) is 3.49. The van der Waals surface area contributed by atoms with E-state index in [2.05, 4.69) is 32.6 Å². The number of benzene rings is 1. The standard InChI is InChI=1S/C18H29NO/c1-5-16-12-11-14(2)19(16)13-18(3,4)17(20)15-9-7-6-8-10-15/h6-10,14,16-17,20H,5,11-13H2,1-4H3. The highest BCUT2D eigenvalue weighted by Crippen LogP contribution is 2.37. The van der Waals surface area contributed by atoms with E-state index in [1.165, 1.54) is 19.3 Å². The van der Waals surface area contributed by atoms with Crippen molar-refractivity contribution in [2.45, 2.75) is 65.1 Å². The molecule has 2 rings (SSSR count). The van der Waals surface area contributed by atoms with E-state index in [9.17, 15) is 5.11 Å². The molecule has 20 heavy (non-hydrogen) atoms. The number of likely N-dealkylation sites (tertiary alicyclic amines) is 1. The predicted molar refractivity (Wildman–Crippen MR) is 84.7 cm³/mol. The molecule has 0 aromatic heterocycles. The Morgan fingerprint density at radius 2 is 1.90 bits per heavy atom. The molecule has 1 aromatic carbocycles. The highest BCUT2D eigenvalue weighted by molar-refractivity contribution is 5.19. The lowest BCUT2D eigenvalue weighted by Crippen LogP contribution is -2.43. The molecule has 0 aliphatic carbocycles. The molecule has 0 saturated carbocycles. The summed E-state index contributed by atoms with van der Waals surface area (Å²) in [5, 5.41) is 10.7. The topological polar surface area (TPSA) is 23.5 Å². The van der Waals surface area contributed by atoms with Gasteiger partial charge in [0.15, 0.2) is 0 Å². The minimum Gasteiger partial charge on any atom is -0.388 e. The van der Waals surface area contributed by atoms with Gasteiger partial charge >= 0.3 is 0 Å². The molecule has 0 amide bonds. The third-order valence-corrected chi connectivity index (χ3v) is 4.87. The molecule has 0 bridgehead atoms. The van der Waals surface area contributed by atoms with Crippen molar-refractivity contribution in [2.24, 2.45) is 5.41 Å². The summed E-state index contributed by atoms with van der Waals surface area (Å²) < 4.78 is 0. The third-order valence-electron chi connectivity index (χ3n) is 4.87. The van der Waals surface area contributed by atoms with Crippen LogP contribution in [0.15, 0.2) is 30.3 Å². The lowest BCUT2D eigenvalue weighted by Gasteiger charge is -2.39. The second kappa shape index (κ2) is 6.28. The van der Waals surface area contributed by atoms with E-state index in [-0.39, 0.29) is 5.41 Å². The van der Waals surface area contributed by atoms with E-state index in [0.717, 1.165) is 12.1 Å². The molecule has 1 saturated heterocycles. The van der Waals surface area contributed by atoms with Crippen LogP contribution < -0.4 is 0 Å². The summed E-state index contributed by atoms with van der Waals surface area (Å²) in [6, 6.07) is 11.4. The van der Waals surface area contributed by atoms with Gasteiger partial charge in [-0.15, -0.1) is 0 Å². The van der Waals surface area contributed by atoms with Gasteiger partial charge in [0.2, 0.25) is 0 Å². The lowest BCUT2D eigenvalue weighted by atomic mass is 9.81. The molecule has 3 atom stereocenters. The Morgan fingerprint density at radius 3 is 2.50 bits per heavy atom. The summed E-state index contributed by atoms with van der Waals surface area (Å²) in [6.07, 6.45) is 3.39. The lowest BCUT2D eigenvalue weighted by molar-refractivity contribution is 0.00831. The van der Waals surface area contributed by atoms with Gasteiger partial charge in [-0.2, -0.15) is 0 Å². The molecule has 1 fully saturated rings. The highest BCUT2D eigenvalue weighted by atomic mass is 16.3. The Hall–Kier alpha value is -0.860. The van der Waals surface area contributed by atoms with Crippen LogP contribution in [-0.2, 0) is 0 Å². The molecule has 0 radical (unpaired) electrons. The van der Waals surface area contributed by atoms with E-state index in [0.29, 0.717) is 12.1 Å². The van der Waals surface area contributed by atoms with Crippen molar-refractivity contribution in [1.82, 2.24) is 4.90 Å². The summed E-state index contributed by atoms with van der Waals surface area (Å²) in [5.41, 5.74) is 0.894. The number of hydrogen-bond acceptors (Lipinski definition) is 2. The van der Waals surface area contributed by atoms with E-state index < -0.39 is 6.10 Å². The first-order chi connectivity index (χ1) is 9.45. The Morgan fingerprint density at radius 1 is 1.25 bits per heavy atom. The first-order valence-corrected chi connectivity index (χ1v) is 7.94. The van der Waals surface area contributed by atoms with Gasteiger partial charge in [0, 0.05) is 24.0 Å². The van der Waals surface area contributed by atoms with E-state index in [1.54, 1.807) is 0 Å². The first kappa shape index (κ1) is 15.5. The van der Waals surface area contributed by atoms with Crippen molar-refractivity contribution >= 4 is 0 Å². The van der Waals surface area contributed by atoms with E-state index >= 15 is 0 Å². The van der Waals surface area contributed by atoms with Gasteiger partial charge in [-0.1, -0.05) is 51.1 Å². The zero-order valence-corrected chi connectivity index (χ0v) is 13.3. The maximum atomic E-state index is 10.7. The normalized spacial score (nSPS) is 25.9. The number of hydrogen-bond donors (Lipinski definition) is 1. The van der Waals surface area contributed by atoms with Gasteiger partial charge in [0.1, 0.15) is 0 Å².